The van der Waals surface area contributed by atoms with Gasteiger partial charge in [-0.3, -0.25) is 9.59 Å². The Kier molecular flexibility index (Phi) is 7.22. The van der Waals surface area contributed by atoms with Crippen LogP contribution in [0.5, 0.6) is 0 Å². The summed E-state index contributed by atoms with van der Waals surface area (Å²) in [5, 5.41) is 2.48. The molecular formula is C17H26F3N3O2. The SMILES string of the molecule is CNC(=O)C(CC(C)C)n1cc(CCN(C)C)c(C(F)(F)F)cc1=O. The lowest BCUT2D eigenvalue weighted by atomic mass is 10.0. The summed E-state index contributed by atoms with van der Waals surface area (Å²) in [5.41, 5.74) is -1.75. The minimum atomic E-state index is -4.61. The molecule has 0 aliphatic carbocycles. The molecule has 0 bridgehead atoms. The first kappa shape index (κ1) is 21.2. The zero-order valence-electron chi connectivity index (χ0n) is 15.3. The lowest BCUT2D eigenvalue weighted by Gasteiger charge is -2.23. The van der Waals surface area contributed by atoms with Gasteiger partial charge < -0.3 is 14.8 Å². The molecule has 5 nitrogen and oxygen atoms in total. The maximum absolute atomic E-state index is 13.3. The Morgan fingerprint density at radius 3 is 2.36 bits per heavy atom. The summed E-state index contributed by atoms with van der Waals surface area (Å²) in [6, 6.07) is -0.237. The standard InChI is InChI=1S/C17H26F3N3O2/c1-11(2)8-14(16(25)21-3)23-10-12(6-7-22(4)5)13(9-15(23)24)17(18,19)20/h9-11,14H,6-8H2,1-5H3,(H,21,25). The van der Waals surface area contributed by atoms with Gasteiger partial charge in [-0.15, -0.1) is 0 Å². The maximum Gasteiger partial charge on any atom is 0.416 e. The molecule has 1 N–H and O–H groups in total. The third kappa shape index (κ3) is 5.88. The van der Waals surface area contributed by atoms with Gasteiger partial charge in [0.15, 0.2) is 0 Å². The summed E-state index contributed by atoms with van der Waals surface area (Å²) >= 11 is 0. The van der Waals surface area contributed by atoms with Gasteiger partial charge in [-0.25, -0.2) is 0 Å². The predicted octanol–water partition coefficient (Wildman–Crippen LogP) is 2.30. The van der Waals surface area contributed by atoms with E-state index in [2.05, 4.69) is 5.32 Å². The summed E-state index contributed by atoms with van der Waals surface area (Å²) in [6.07, 6.45) is -2.93. The Morgan fingerprint density at radius 1 is 1.32 bits per heavy atom. The molecule has 142 valence electrons. The van der Waals surface area contributed by atoms with Crippen LogP contribution in [-0.4, -0.2) is 43.1 Å². The van der Waals surface area contributed by atoms with Crippen LogP contribution < -0.4 is 10.9 Å². The molecule has 0 aliphatic heterocycles. The van der Waals surface area contributed by atoms with Crippen molar-refractivity contribution in [3.8, 4) is 0 Å². The zero-order chi connectivity index (χ0) is 19.4. The molecular weight excluding hydrogens is 335 g/mol. The van der Waals surface area contributed by atoms with Crippen LogP contribution in [-0.2, 0) is 17.4 Å². The van der Waals surface area contributed by atoms with Crippen molar-refractivity contribution in [3.63, 3.8) is 0 Å². The average molecular weight is 361 g/mol. The minimum absolute atomic E-state index is 0.0125. The van der Waals surface area contributed by atoms with Crippen molar-refractivity contribution in [1.29, 1.82) is 0 Å². The molecule has 1 aromatic heterocycles. The number of aromatic nitrogens is 1. The third-order valence-electron chi connectivity index (χ3n) is 3.88. The number of carbonyl (C=O) groups excluding carboxylic acids is 1. The van der Waals surface area contributed by atoms with Crippen LogP contribution in [0.25, 0.3) is 0 Å². The van der Waals surface area contributed by atoms with Crippen LogP contribution >= 0.6 is 0 Å². The summed E-state index contributed by atoms with van der Waals surface area (Å²) in [4.78, 5) is 26.2. The molecule has 1 unspecified atom stereocenters. The maximum atomic E-state index is 13.3. The second kappa shape index (κ2) is 8.51. The molecule has 25 heavy (non-hydrogen) atoms. The number of nitrogens with one attached hydrogen (secondary N) is 1. The highest BCUT2D eigenvalue weighted by Gasteiger charge is 2.35. The van der Waals surface area contributed by atoms with Crippen LogP contribution in [0.1, 0.15) is 37.4 Å². The summed E-state index contributed by atoms with van der Waals surface area (Å²) in [5.74, 6) is -0.296. The second-order valence-corrected chi connectivity index (χ2v) is 6.77. The topological polar surface area (TPSA) is 54.3 Å². The van der Waals surface area contributed by atoms with E-state index in [1.807, 2.05) is 13.8 Å². The molecule has 0 saturated heterocycles. The lowest BCUT2D eigenvalue weighted by Crippen LogP contribution is -2.37. The van der Waals surface area contributed by atoms with E-state index in [1.54, 1.807) is 19.0 Å². The normalized spacial score (nSPS) is 13.4. The number of carbonyl (C=O) groups is 1. The number of nitrogens with zero attached hydrogens (tertiary/aromatic N) is 2. The number of amides is 1. The molecule has 8 heteroatoms. The van der Waals surface area contributed by atoms with E-state index >= 15 is 0 Å². The third-order valence-corrected chi connectivity index (χ3v) is 3.88. The van der Waals surface area contributed by atoms with E-state index in [4.69, 9.17) is 0 Å². The lowest BCUT2D eigenvalue weighted by molar-refractivity contribution is -0.138. The van der Waals surface area contributed by atoms with E-state index in [0.29, 0.717) is 19.0 Å². The van der Waals surface area contributed by atoms with Gasteiger partial charge in [-0.1, -0.05) is 13.8 Å². The average Bonchev–Trinajstić information content (AvgIpc) is 2.49. The second-order valence-electron chi connectivity index (χ2n) is 6.77. The number of rotatable bonds is 7. The Balaban J connectivity index is 3.46. The molecule has 0 saturated carbocycles. The number of halogens is 3. The van der Waals surface area contributed by atoms with E-state index in [0.717, 1.165) is 4.57 Å². The monoisotopic (exact) mass is 361 g/mol. The Bertz CT molecular complexity index is 652. The number of likely N-dealkylation sites (N-methyl/N-ethyl adjacent to an activating group) is 2. The smallest absolute Gasteiger partial charge is 0.357 e. The first-order valence-electron chi connectivity index (χ1n) is 8.16. The van der Waals surface area contributed by atoms with E-state index in [-0.39, 0.29) is 17.9 Å². The minimum Gasteiger partial charge on any atom is -0.357 e. The highest BCUT2D eigenvalue weighted by atomic mass is 19.4. The summed E-state index contributed by atoms with van der Waals surface area (Å²) in [6.45, 7) is 4.17. The van der Waals surface area contributed by atoms with Crippen molar-refractivity contribution in [3.05, 3.63) is 33.7 Å². The first-order valence-corrected chi connectivity index (χ1v) is 8.16. The fourth-order valence-corrected chi connectivity index (χ4v) is 2.60. The Labute approximate surface area is 145 Å². The number of hydrogen-bond donors (Lipinski definition) is 1. The molecule has 0 radical (unpaired) electrons. The molecule has 1 atom stereocenters. The first-order chi connectivity index (χ1) is 11.5. The highest BCUT2D eigenvalue weighted by Crippen LogP contribution is 2.32. The largest absolute Gasteiger partial charge is 0.416 e. The van der Waals surface area contributed by atoms with E-state index in [1.165, 1.54) is 13.2 Å². The quantitative estimate of drug-likeness (QED) is 0.811. The van der Waals surface area contributed by atoms with Crippen molar-refractivity contribution >= 4 is 5.91 Å². The van der Waals surface area contributed by atoms with Gasteiger partial charge in [0.2, 0.25) is 5.91 Å². The van der Waals surface area contributed by atoms with Gasteiger partial charge >= 0.3 is 6.18 Å². The van der Waals surface area contributed by atoms with Crippen molar-refractivity contribution in [2.45, 2.75) is 38.9 Å². The highest BCUT2D eigenvalue weighted by molar-refractivity contribution is 5.80. The van der Waals surface area contributed by atoms with Gasteiger partial charge in [0, 0.05) is 25.9 Å². The van der Waals surface area contributed by atoms with Crippen molar-refractivity contribution < 1.29 is 18.0 Å². The number of hydrogen-bond acceptors (Lipinski definition) is 3. The molecule has 0 spiro atoms. The van der Waals surface area contributed by atoms with E-state index in [9.17, 15) is 22.8 Å². The van der Waals surface area contributed by atoms with Crippen LogP contribution in [0.3, 0.4) is 0 Å². The summed E-state index contributed by atoms with van der Waals surface area (Å²) < 4.78 is 41.0. The zero-order valence-corrected chi connectivity index (χ0v) is 15.3. The molecule has 0 aromatic carbocycles. The fourth-order valence-electron chi connectivity index (χ4n) is 2.60. The molecule has 1 heterocycles. The van der Waals surface area contributed by atoms with Gasteiger partial charge in [0.05, 0.1) is 5.56 Å². The van der Waals surface area contributed by atoms with Crippen LogP contribution in [0.2, 0.25) is 0 Å². The Morgan fingerprint density at radius 2 is 1.92 bits per heavy atom. The van der Waals surface area contributed by atoms with Gasteiger partial charge in [0.1, 0.15) is 6.04 Å². The van der Waals surface area contributed by atoms with Crippen LogP contribution in [0.4, 0.5) is 13.2 Å². The number of alkyl halides is 3. The Hall–Kier alpha value is -1.83. The van der Waals surface area contributed by atoms with Crippen LogP contribution in [0.15, 0.2) is 17.1 Å². The molecule has 1 aromatic rings. The van der Waals surface area contributed by atoms with Gasteiger partial charge in [0.25, 0.3) is 5.56 Å². The van der Waals surface area contributed by atoms with Crippen molar-refractivity contribution in [1.82, 2.24) is 14.8 Å². The van der Waals surface area contributed by atoms with Crippen molar-refractivity contribution in [2.24, 2.45) is 5.92 Å². The molecule has 1 rings (SSSR count). The molecule has 0 fully saturated rings. The summed E-state index contributed by atoms with van der Waals surface area (Å²) in [7, 11) is 4.96. The van der Waals surface area contributed by atoms with E-state index < -0.39 is 29.2 Å². The van der Waals surface area contributed by atoms with Gasteiger partial charge in [-0.05, 0) is 38.4 Å². The molecule has 1 amide bonds. The predicted molar refractivity (Wildman–Crippen MR) is 90.5 cm³/mol. The fraction of sp³-hybridized carbons (Fsp3) is 0.647. The van der Waals surface area contributed by atoms with Crippen LogP contribution in [0, 0.1) is 5.92 Å². The molecule has 0 aliphatic rings. The van der Waals surface area contributed by atoms with Gasteiger partial charge in [-0.2, -0.15) is 13.2 Å². The van der Waals surface area contributed by atoms with Crippen molar-refractivity contribution in [2.75, 3.05) is 27.7 Å². The number of pyridine rings is 1.